The standard InChI is InChI=1S/C26H22Br2N4O3S2/c1-14-6-8-17(9-7-14)32-25(35)22-18-4-2-3-5-20(18)37-24(22)30-26(32)36-13-21(33)31-29-12-15-10-16(27)11-19(28)23(15)34/h6-12,34H,2-5,13H2,1H3,(H,31,33)/b29-12-. The molecule has 190 valence electrons. The zero-order valence-corrected chi connectivity index (χ0v) is 24.6. The summed E-state index contributed by atoms with van der Waals surface area (Å²) in [6, 6.07) is 11.1. The van der Waals surface area contributed by atoms with E-state index in [1.54, 1.807) is 28.0 Å². The highest BCUT2D eigenvalue weighted by Crippen LogP contribution is 2.35. The number of hydrazone groups is 1. The molecule has 2 N–H and O–H groups in total. The fraction of sp³-hybridized carbons (Fsp3) is 0.231. The second kappa shape index (κ2) is 11.1. The van der Waals surface area contributed by atoms with Crippen molar-refractivity contribution in [3.63, 3.8) is 0 Å². The average molecular weight is 662 g/mol. The van der Waals surface area contributed by atoms with Crippen molar-refractivity contribution in [2.24, 2.45) is 5.10 Å². The van der Waals surface area contributed by atoms with Gasteiger partial charge in [-0.15, -0.1) is 11.3 Å². The lowest BCUT2D eigenvalue weighted by molar-refractivity contribution is -0.118. The van der Waals surface area contributed by atoms with Gasteiger partial charge in [-0.3, -0.25) is 14.2 Å². The molecule has 0 atom stereocenters. The van der Waals surface area contributed by atoms with Crippen LogP contribution in [0.1, 0.15) is 34.4 Å². The van der Waals surface area contributed by atoms with E-state index in [0.717, 1.165) is 51.8 Å². The number of fused-ring (bicyclic) bond motifs is 3. The van der Waals surface area contributed by atoms with Gasteiger partial charge in [0.2, 0.25) is 0 Å². The zero-order valence-electron chi connectivity index (χ0n) is 19.8. The number of rotatable bonds is 6. The molecular formula is C26H22Br2N4O3S2. The van der Waals surface area contributed by atoms with E-state index in [9.17, 15) is 14.7 Å². The van der Waals surface area contributed by atoms with Gasteiger partial charge in [-0.25, -0.2) is 10.4 Å². The molecular weight excluding hydrogens is 640 g/mol. The number of benzene rings is 2. The molecule has 1 aliphatic rings. The summed E-state index contributed by atoms with van der Waals surface area (Å²) < 4.78 is 2.88. The maximum Gasteiger partial charge on any atom is 0.267 e. The monoisotopic (exact) mass is 660 g/mol. The second-order valence-corrected chi connectivity index (χ2v) is 12.5. The summed E-state index contributed by atoms with van der Waals surface area (Å²) in [5.41, 5.74) is 5.78. The number of thioether (sulfide) groups is 1. The van der Waals surface area contributed by atoms with Crippen LogP contribution in [-0.4, -0.2) is 32.5 Å². The number of phenolic OH excluding ortho intramolecular Hbond substituents is 1. The van der Waals surface area contributed by atoms with Gasteiger partial charge in [-0.05, 0) is 78.4 Å². The van der Waals surface area contributed by atoms with Crippen LogP contribution >= 0.6 is 55.0 Å². The van der Waals surface area contributed by atoms with Crippen molar-refractivity contribution in [2.45, 2.75) is 37.8 Å². The number of aromatic nitrogens is 2. The van der Waals surface area contributed by atoms with E-state index in [-0.39, 0.29) is 23.0 Å². The van der Waals surface area contributed by atoms with Gasteiger partial charge < -0.3 is 5.11 Å². The van der Waals surface area contributed by atoms with Crippen LogP contribution in [0.5, 0.6) is 5.75 Å². The fourth-order valence-corrected chi connectivity index (χ4v) is 7.59. The van der Waals surface area contributed by atoms with E-state index in [0.29, 0.717) is 20.6 Å². The first kappa shape index (κ1) is 26.1. The van der Waals surface area contributed by atoms with E-state index in [1.807, 2.05) is 31.2 Å². The molecule has 11 heteroatoms. The van der Waals surface area contributed by atoms with Crippen LogP contribution in [-0.2, 0) is 17.6 Å². The SMILES string of the molecule is Cc1ccc(-n2c(SCC(=O)N/N=C\c3cc(Br)cc(Br)c3O)nc3sc4c(c3c2=O)CCCC4)cc1. The first-order valence-corrected chi connectivity index (χ1v) is 15.0. The first-order valence-electron chi connectivity index (χ1n) is 11.6. The minimum absolute atomic E-state index is 0.0143. The lowest BCUT2D eigenvalue weighted by Crippen LogP contribution is -2.24. The molecule has 1 amide bonds. The summed E-state index contributed by atoms with van der Waals surface area (Å²) in [5, 5.41) is 15.3. The molecule has 0 bridgehead atoms. The van der Waals surface area contributed by atoms with Crippen LogP contribution in [0.3, 0.4) is 0 Å². The molecule has 1 aliphatic carbocycles. The summed E-state index contributed by atoms with van der Waals surface area (Å²) in [6.45, 7) is 2.00. The van der Waals surface area contributed by atoms with Crippen LogP contribution in [0.25, 0.3) is 15.9 Å². The van der Waals surface area contributed by atoms with Crippen molar-refractivity contribution < 1.29 is 9.90 Å². The molecule has 4 aromatic rings. The third-order valence-corrected chi connectivity index (χ3v) is 9.22. The Morgan fingerprint density at radius 2 is 2.00 bits per heavy atom. The molecule has 2 aromatic heterocycles. The largest absolute Gasteiger partial charge is 0.506 e. The topological polar surface area (TPSA) is 96.6 Å². The molecule has 0 unspecified atom stereocenters. The minimum atomic E-state index is -0.356. The molecule has 0 aliphatic heterocycles. The Bertz CT molecular complexity index is 1600. The van der Waals surface area contributed by atoms with Gasteiger partial charge in [0, 0.05) is 14.9 Å². The van der Waals surface area contributed by atoms with Crippen LogP contribution < -0.4 is 11.0 Å². The van der Waals surface area contributed by atoms with E-state index >= 15 is 0 Å². The summed E-state index contributed by atoms with van der Waals surface area (Å²) in [5.74, 6) is -0.320. The summed E-state index contributed by atoms with van der Waals surface area (Å²) in [6.07, 6.45) is 5.46. The molecule has 0 saturated carbocycles. The Morgan fingerprint density at radius 3 is 2.78 bits per heavy atom. The Morgan fingerprint density at radius 1 is 1.24 bits per heavy atom. The van der Waals surface area contributed by atoms with E-state index in [2.05, 4.69) is 42.4 Å². The number of halogens is 2. The van der Waals surface area contributed by atoms with Gasteiger partial charge in [0.1, 0.15) is 10.6 Å². The number of hydrogen-bond acceptors (Lipinski definition) is 7. The van der Waals surface area contributed by atoms with Crippen molar-refractivity contribution in [3.05, 3.63) is 77.3 Å². The van der Waals surface area contributed by atoms with Crippen LogP contribution in [0, 0.1) is 6.92 Å². The summed E-state index contributed by atoms with van der Waals surface area (Å²) in [7, 11) is 0. The van der Waals surface area contributed by atoms with Crippen molar-refractivity contribution in [3.8, 4) is 11.4 Å². The lowest BCUT2D eigenvalue weighted by Gasteiger charge is -2.13. The Labute approximate surface area is 238 Å². The first-order chi connectivity index (χ1) is 17.8. The van der Waals surface area contributed by atoms with Gasteiger partial charge in [-0.2, -0.15) is 5.10 Å². The highest BCUT2D eigenvalue weighted by molar-refractivity contribution is 9.11. The Balaban J connectivity index is 1.42. The van der Waals surface area contributed by atoms with Gasteiger partial charge in [0.15, 0.2) is 5.16 Å². The van der Waals surface area contributed by atoms with E-state index in [1.165, 1.54) is 22.9 Å². The summed E-state index contributed by atoms with van der Waals surface area (Å²) >= 11 is 9.42. The number of aryl methyl sites for hydroxylation is 3. The molecule has 0 spiro atoms. The van der Waals surface area contributed by atoms with Crippen LogP contribution in [0.4, 0.5) is 0 Å². The highest BCUT2D eigenvalue weighted by Gasteiger charge is 2.23. The van der Waals surface area contributed by atoms with Gasteiger partial charge in [0.25, 0.3) is 11.5 Å². The molecule has 5 rings (SSSR count). The fourth-order valence-electron chi connectivity index (χ4n) is 4.23. The van der Waals surface area contributed by atoms with Crippen molar-refractivity contribution in [1.82, 2.24) is 15.0 Å². The predicted octanol–water partition coefficient (Wildman–Crippen LogP) is 6.11. The number of nitrogens with zero attached hydrogens (tertiary/aromatic N) is 3. The van der Waals surface area contributed by atoms with Crippen LogP contribution in [0.2, 0.25) is 0 Å². The normalized spacial score (nSPS) is 13.3. The van der Waals surface area contributed by atoms with Crippen molar-refractivity contribution in [2.75, 3.05) is 5.75 Å². The Hall–Kier alpha value is -2.47. The molecule has 0 fully saturated rings. The number of carbonyl (C=O) groups excluding carboxylic acids is 1. The number of phenols is 1. The molecule has 37 heavy (non-hydrogen) atoms. The van der Waals surface area contributed by atoms with E-state index < -0.39 is 0 Å². The smallest absolute Gasteiger partial charge is 0.267 e. The van der Waals surface area contributed by atoms with Crippen LogP contribution in [0.15, 0.2) is 60.4 Å². The van der Waals surface area contributed by atoms with Gasteiger partial charge >= 0.3 is 0 Å². The molecule has 0 saturated heterocycles. The second-order valence-electron chi connectivity index (χ2n) is 8.67. The predicted molar refractivity (Wildman–Crippen MR) is 157 cm³/mol. The third-order valence-electron chi connectivity index (χ3n) is 6.03. The molecule has 2 heterocycles. The number of thiophene rings is 1. The maximum absolute atomic E-state index is 13.8. The average Bonchev–Trinajstić information content (AvgIpc) is 3.25. The number of amides is 1. The van der Waals surface area contributed by atoms with Crippen molar-refractivity contribution in [1.29, 1.82) is 0 Å². The zero-order chi connectivity index (χ0) is 26.1. The van der Waals surface area contributed by atoms with Gasteiger partial charge in [0.05, 0.1) is 27.5 Å². The molecule has 2 aromatic carbocycles. The number of nitrogens with one attached hydrogen (secondary N) is 1. The Kier molecular flexibility index (Phi) is 7.85. The number of carbonyl (C=O) groups is 1. The number of hydrogen-bond donors (Lipinski definition) is 2. The lowest BCUT2D eigenvalue weighted by atomic mass is 9.97. The maximum atomic E-state index is 13.8. The minimum Gasteiger partial charge on any atom is -0.506 e. The quantitative estimate of drug-likeness (QED) is 0.113. The van der Waals surface area contributed by atoms with Gasteiger partial charge in [-0.1, -0.05) is 45.4 Å². The molecule has 7 nitrogen and oxygen atoms in total. The highest BCUT2D eigenvalue weighted by atomic mass is 79.9. The number of aromatic hydroxyl groups is 1. The summed E-state index contributed by atoms with van der Waals surface area (Å²) in [4.78, 5) is 33.2. The van der Waals surface area contributed by atoms with E-state index in [4.69, 9.17) is 4.98 Å². The molecule has 0 radical (unpaired) electrons. The third kappa shape index (κ3) is 5.55. The van der Waals surface area contributed by atoms with Crippen molar-refractivity contribution >= 4 is 77.3 Å².